The van der Waals surface area contributed by atoms with Crippen LogP contribution in [0.5, 0.6) is 11.5 Å². The summed E-state index contributed by atoms with van der Waals surface area (Å²) in [4.78, 5) is 0.105. The fraction of sp³-hybridized carbons (Fsp3) is 0.368. The predicted molar refractivity (Wildman–Crippen MR) is 98.4 cm³/mol. The molecule has 0 radical (unpaired) electrons. The van der Waals surface area contributed by atoms with Gasteiger partial charge < -0.3 is 14.2 Å². The lowest BCUT2D eigenvalue weighted by Crippen LogP contribution is -2.39. The first kappa shape index (κ1) is 21.4. The highest BCUT2D eigenvalue weighted by molar-refractivity contribution is 7.89. The molecular weight excluding hydrogens is 411 g/mol. The fourth-order valence-electron chi connectivity index (χ4n) is 2.85. The summed E-state index contributed by atoms with van der Waals surface area (Å²) in [5, 5.41) is 0. The minimum absolute atomic E-state index is 0.00931. The van der Waals surface area contributed by atoms with E-state index in [1.807, 2.05) is 0 Å². The van der Waals surface area contributed by atoms with E-state index in [0.29, 0.717) is 5.75 Å². The van der Waals surface area contributed by atoms with E-state index in [9.17, 15) is 21.6 Å². The van der Waals surface area contributed by atoms with Crippen LogP contribution in [0.15, 0.2) is 53.4 Å². The average molecular weight is 431 g/mol. The molecule has 6 nitrogen and oxygen atoms in total. The van der Waals surface area contributed by atoms with Crippen molar-refractivity contribution < 1.29 is 35.8 Å². The number of ether oxygens (including phenoxy) is 3. The molecule has 1 fully saturated rings. The second-order valence-corrected chi connectivity index (χ2v) is 8.31. The number of hydrogen-bond donors (Lipinski definition) is 0. The molecule has 0 bridgehead atoms. The Morgan fingerprint density at radius 1 is 1.03 bits per heavy atom. The lowest BCUT2D eigenvalue weighted by Gasteiger charge is -2.24. The third-order valence-corrected chi connectivity index (χ3v) is 6.26. The van der Waals surface area contributed by atoms with E-state index in [1.165, 1.54) is 35.7 Å². The van der Waals surface area contributed by atoms with Crippen LogP contribution in [-0.4, -0.2) is 52.2 Å². The van der Waals surface area contributed by atoms with Crippen molar-refractivity contribution in [1.82, 2.24) is 4.31 Å². The number of nitrogens with zero attached hydrogens (tertiary/aromatic N) is 1. The van der Waals surface area contributed by atoms with Crippen LogP contribution < -0.4 is 9.47 Å². The van der Waals surface area contributed by atoms with Gasteiger partial charge in [0.15, 0.2) is 0 Å². The Hall–Kier alpha value is -2.30. The highest BCUT2D eigenvalue weighted by Gasteiger charge is 2.32. The smallest absolute Gasteiger partial charge is 0.416 e. The first-order valence-corrected chi connectivity index (χ1v) is 10.2. The normalized spacial score (nSPS) is 18.8. The van der Waals surface area contributed by atoms with Crippen molar-refractivity contribution in [3.63, 3.8) is 0 Å². The molecule has 0 amide bonds. The van der Waals surface area contributed by atoms with Crippen LogP contribution in [-0.2, 0) is 20.9 Å². The molecule has 0 spiro atoms. The Morgan fingerprint density at radius 2 is 1.66 bits per heavy atom. The molecule has 1 heterocycles. The lowest BCUT2D eigenvalue weighted by molar-refractivity contribution is -0.137. The van der Waals surface area contributed by atoms with E-state index < -0.39 is 27.9 Å². The maximum Gasteiger partial charge on any atom is 0.416 e. The molecule has 0 saturated carbocycles. The van der Waals surface area contributed by atoms with Gasteiger partial charge in [-0.3, -0.25) is 0 Å². The minimum Gasteiger partial charge on any atom is -0.497 e. The van der Waals surface area contributed by atoms with E-state index in [-0.39, 0.29) is 36.9 Å². The van der Waals surface area contributed by atoms with E-state index in [0.717, 1.165) is 12.1 Å². The van der Waals surface area contributed by atoms with E-state index in [4.69, 9.17) is 14.2 Å². The maximum atomic E-state index is 12.9. The van der Waals surface area contributed by atoms with Crippen LogP contribution >= 0.6 is 0 Å². The number of sulfonamides is 1. The van der Waals surface area contributed by atoms with Crippen molar-refractivity contribution in [2.45, 2.75) is 17.2 Å². The standard InChI is InChI=1S/C19H20F3NO5S/c1-26-15-6-8-18(9-7-15)29(24,25)23-10-11-27-13-17(12-23)28-16-4-2-14(3-5-16)19(20,21)22/h2-9,17H,10-13H2,1H3. The molecule has 3 rings (SSSR count). The zero-order chi connectivity index (χ0) is 21.1. The summed E-state index contributed by atoms with van der Waals surface area (Å²) in [6.45, 7) is 0.453. The van der Waals surface area contributed by atoms with Gasteiger partial charge in [0.1, 0.15) is 17.6 Å². The van der Waals surface area contributed by atoms with Crippen molar-refractivity contribution in [1.29, 1.82) is 0 Å². The van der Waals surface area contributed by atoms with Gasteiger partial charge >= 0.3 is 6.18 Å². The number of benzene rings is 2. The maximum absolute atomic E-state index is 12.9. The summed E-state index contributed by atoms with van der Waals surface area (Å²) in [5.41, 5.74) is -0.786. The van der Waals surface area contributed by atoms with E-state index in [1.54, 1.807) is 12.1 Å². The van der Waals surface area contributed by atoms with Gasteiger partial charge in [0, 0.05) is 6.54 Å². The summed E-state index contributed by atoms with van der Waals surface area (Å²) >= 11 is 0. The molecule has 0 aromatic heterocycles. The van der Waals surface area contributed by atoms with Crippen LogP contribution in [0.2, 0.25) is 0 Å². The second kappa shape index (κ2) is 8.60. The molecule has 1 saturated heterocycles. The monoisotopic (exact) mass is 431 g/mol. The zero-order valence-corrected chi connectivity index (χ0v) is 16.4. The van der Waals surface area contributed by atoms with Crippen LogP contribution in [0.1, 0.15) is 5.56 Å². The van der Waals surface area contributed by atoms with Gasteiger partial charge in [-0.1, -0.05) is 0 Å². The number of hydrogen-bond acceptors (Lipinski definition) is 5. The highest BCUT2D eigenvalue weighted by Crippen LogP contribution is 2.30. The second-order valence-electron chi connectivity index (χ2n) is 6.38. The van der Waals surface area contributed by atoms with Crippen molar-refractivity contribution in [2.75, 3.05) is 33.4 Å². The third kappa shape index (κ3) is 5.20. The minimum atomic E-state index is -4.44. The molecular formula is C19H20F3NO5S. The predicted octanol–water partition coefficient (Wildman–Crippen LogP) is 3.18. The summed E-state index contributed by atoms with van der Waals surface area (Å²) in [5.74, 6) is 0.738. The van der Waals surface area contributed by atoms with Crippen molar-refractivity contribution in [3.05, 3.63) is 54.1 Å². The lowest BCUT2D eigenvalue weighted by atomic mass is 10.2. The van der Waals surface area contributed by atoms with Crippen LogP contribution in [0.3, 0.4) is 0 Å². The Morgan fingerprint density at radius 3 is 2.24 bits per heavy atom. The quantitative estimate of drug-likeness (QED) is 0.728. The molecule has 0 aliphatic carbocycles. The summed E-state index contributed by atoms with van der Waals surface area (Å²) < 4.78 is 81.3. The average Bonchev–Trinajstić information content (AvgIpc) is 2.94. The largest absolute Gasteiger partial charge is 0.497 e. The Kier molecular flexibility index (Phi) is 6.35. The molecule has 158 valence electrons. The van der Waals surface area contributed by atoms with Gasteiger partial charge in [-0.25, -0.2) is 8.42 Å². The van der Waals surface area contributed by atoms with Crippen LogP contribution in [0.25, 0.3) is 0 Å². The molecule has 29 heavy (non-hydrogen) atoms. The van der Waals surface area contributed by atoms with Gasteiger partial charge in [0.25, 0.3) is 0 Å². The number of alkyl halides is 3. The molecule has 1 unspecified atom stereocenters. The topological polar surface area (TPSA) is 65.1 Å². The molecule has 1 atom stereocenters. The summed E-state index contributed by atoms with van der Waals surface area (Å²) in [7, 11) is -2.31. The Labute approximate surface area is 166 Å². The molecule has 1 aliphatic rings. The first-order valence-electron chi connectivity index (χ1n) is 8.76. The number of methoxy groups -OCH3 is 1. The van der Waals surface area contributed by atoms with E-state index >= 15 is 0 Å². The Balaban J connectivity index is 1.73. The molecule has 0 N–H and O–H groups in total. The van der Waals surface area contributed by atoms with E-state index in [2.05, 4.69) is 0 Å². The van der Waals surface area contributed by atoms with Crippen molar-refractivity contribution in [2.24, 2.45) is 0 Å². The van der Waals surface area contributed by atoms with Crippen LogP contribution in [0, 0.1) is 0 Å². The third-order valence-electron chi connectivity index (χ3n) is 4.38. The van der Waals surface area contributed by atoms with Gasteiger partial charge in [0.2, 0.25) is 10.0 Å². The van der Waals surface area contributed by atoms with Gasteiger partial charge in [-0.15, -0.1) is 0 Å². The Bertz CT molecular complexity index is 914. The molecule has 2 aromatic rings. The molecule has 1 aliphatic heterocycles. The van der Waals surface area contributed by atoms with Gasteiger partial charge in [-0.05, 0) is 48.5 Å². The highest BCUT2D eigenvalue weighted by atomic mass is 32.2. The van der Waals surface area contributed by atoms with Gasteiger partial charge in [-0.2, -0.15) is 17.5 Å². The molecule has 10 heteroatoms. The van der Waals surface area contributed by atoms with Crippen molar-refractivity contribution in [3.8, 4) is 11.5 Å². The number of halogens is 3. The first-order chi connectivity index (χ1) is 13.7. The molecule has 2 aromatic carbocycles. The fourth-order valence-corrected chi connectivity index (χ4v) is 4.31. The zero-order valence-electron chi connectivity index (χ0n) is 15.6. The number of rotatable bonds is 5. The van der Waals surface area contributed by atoms with Crippen LogP contribution in [0.4, 0.5) is 13.2 Å². The SMILES string of the molecule is COc1ccc(S(=O)(=O)N2CCOCC(Oc3ccc(C(F)(F)F)cc3)C2)cc1. The van der Waals surface area contributed by atoms with Crippen molar-refractivity contribution >= 4 is 10.0 Å². The van der Waals surface area contributed by atoms with Gasteiger partial charge in [0.05, 0.1) is 37.3 Å². The summed E-state index contributed by atoms with van der Waals surface area (Å²) in [6, 6.07) is 10.2. The summed E-state index contributed by atoms with van der Waals surface area (Å²) in [6.07, 6.45) is -5.10.